The molecule has 5 heteroatoms. The van der Waals surface area contributed by atoms with E-state index in [4.69, 9.17) is 11.6 Å². The van der Waals surface area contributed by atoms with Crippen molar-refractivity contribution in [3.8, 4) is 0 Å². The molecule has 0 aliphatic rings. The number of non-ortho nitro benzene ring substituents is 1. The molecular formula is C8H5ClN2O2. The van der Waals surface area contributed by atoms with Crippen molar-refractivity contribution in [2.75, 3.05) is 0 Å². The maximum Gasteiger partial charge on any atom is 0.273 e. The lowest BCUT2D eigenvalue weighted by molar-refractivity contribution is -0.384. The van der Waals surface area contributed by atoms with Crippen molar-refractivity contribution in [3.63, 3.8) is 0 Å². The predicted molar refractivity (Wildman–Crippen MR) is 50.0 cm³/mol. The lowest BCUT2D eigenvalue weighted by atomic mass is 10.2. The number of hydrogen-bond donors (Lipinski definition) is 1. The third-order valence-corrected chi connectivity index (χ3v) is 2.13. The van der Waals surface area contributed by atoms with Crippen LogP contribution in [0.5, 0.6) is 0 Å². The minimum absolute atomic E-state index is 0.0000463. The smallest absolute Gasteiger partial charge is 0.273 e. The van der Waals surface area contributed by atoms with E-state index in [0.29, 0.717) is 10.5 Å². The van der Waals surface area contributed by atoms with Crippen molar-refractivity contribution >= 4 is 28.2 Å². The van der Waals surface area contributed by atoms with Crippen LogP contribution in [0, 0.1) is 10.1 Å². The van der Waals surface area contributed by atoms with Gasteiger partial charge in [0, 0.05) is 23.7 Å². The van der Waals surface area contributed by atoms with E-state index in [9.17, 15) is 10.1 Å². The van der Waals surface area contributed by atoms with Gasteiger partial charge >= 0.3 is 0 Å². The van der Waals surface area contributed by atoms with Gasteiger partial charge in [-0.25, -0.2) is 0 Å². The number of fused-ring (bicyclic) bond motifs is 1. The maximum atomic E-state index is 10.5. The Balaban J connectivity index is 2.77. The van der Waals surface area contributed by atoms with Gasteiger partial charge in [0.2, 0.25) is 0 Å². The summed E-state index contributed by atoms with van der Waals surface area (Å²) in [4.78, 5) is 12.9. The van der Waals surface area contributed by atoms with Crippen LogP contribution in [-0.2, 0) is 0 Å². The number of benzene rings is 1. The minimum atomic E-state index is -0.466. The zero-order valence-electron chi connectivity index (χ0n) is 6.45. The molecule has 0 unspecified atom stereocenters. The number of H-pyrrole nitrogens is 1. The van der Waals surface area contributed by atoms with Crippen LogP contribution in [0.15, 0.2) is 24.4 Å². The van der Waals surface area contributed by atoms with Crippen LogP contribution >= 0.6 is 11.6 Å². The van der Waals surface area contributed by atoms with Crippen LogP contribution in [0.4, 0.5) is 5.69 Å². The first-order chi connectivity index (χ1) is 6.18. The number of nitrogens with one attached hydrogen (secondary N) is 1. The Morgan fingerprint density at radius 2 is 2.23 bits per heavy atom. The third kappa shape index (κ3) is 1.25. The fourth-order valence-corrected chi connectivity index (χ4v) is 1.49. The van der Waals surface area contributed by atoms with E-state index in [1.54, 1.807) is 12.3 Å². The van der Waals surface area contributed by atoms with Crippen LogP contribution in [-0.4, -0.2) is 9.91 Å². The Bertz CT molecular complexity index is 478. The maximum absolute atomic E-state index is 10.5. The molecule has 0 radical (unpaired) electrons. The van der Waals surface area contributed by atoms with Crippen LogP contribution < -0.4 is 0 Å². The Kier molecular flexibility index (Phi) is 1.70. The van der Waals surface area contributed by atoms with Gasteiger partial charge in [-0.05, 0) is 6.07 Å². The molecule has 66 valence electrons. The molecule has 4 nitrogen and oxygen atoms in total. The molecule has 2 aromatic rings. The highest BCUT2D eigenvalue weighted by Crippen LogP contribution is 2.27. The van der Waals surface area contributed by atoms with Crippen molar-refractivity contribution in [2.24, 2.45) is 0 Å². The van der Waals surface area contributed by atoms with Crippen molar-refractivity contribution < 1.29 is 4.92 Å². The van der Waals surface area contributed by atoms with E-state index < -0.39 is 4.92 Å². The largest absolute Gasteiger partial charge is 0.361 e. The average Bonchev–Trinajstić information content (AvgIpc) is 2.51. The van der Waals surface area contributed by atoms with Crippen LogP contribution in [0.3, 0.4) is 0 Å². The number of nitro benzene ring substituents is 1. The van der Waals surface area contributed by atoms with Gasteiger partial charge in [0.15, 0.2) is 0 Å². The van der Waals surface area contributed by atoms with E-state index in [0.717, 1.165) is 5.39 Å². The second-order valence-corrected chi connectivity index (χ2v) is 3.03. The van der Waals surface area contributed by atoms with Crippen LogP contribution in [0.2, 0.25) is 5.02 Å². The quantitative estimate of drug-likeness (QED) is 0.563. The van der Waals surface area contributed by atoms with Gasteiger partial charge < -0.3 is 4.98 Å². The molecule has 1 aromatic carbocycles. The predicted octanol–water partition coefficient (Wildman–Crippen LogP) is 2.73. The normalized spacial score (nSPS) is 10.5. The second-order valence-electron chi connectivity index (χ2n) is 2.62. The lowest BCUT2D eigenvalue weighted by Crippen LogP contribution is -1.87. The van der Waals surface area contributed by atoms with Crippen molar-refractivity contribution in [1.29, 1.82) is 0 Å². The topological polar surface area (TPSA) is 58.9 Å². The van der Waals surface area contributed by atoms with Crippen molar-refractivity contribution in [2.45, 2.75) is 0 Å². The summed E-state index contributed by atoms with van der Waals surface area (Å²) >= 11 is 5.82. The Hall–Kier alpha value is -1.55. The van der Waals surface area contributed by atoms with Crippen molar-refractivity contribution in [3.05, 3.63) is 39.5 Å². The molecule has 0 aliphatic carbocycles. The summed E-state index contributed by atoms with van der Waals surface area (Å²) in [5.74, 6) is 0. The highest BCUT2D eigenvalue weighted by Gasteiger charge is 2.10. The number of rotatable bonds is 1. The molecule has 0 fully saturated rings. The number of aromatic amines is 1. The Morgan fingerprint density at radius 3 is 2.92 bits per heavy atom. The van der Waals surface area contributed by atoms with Gasteiger partial charge in [-0.1, -0.05) is 11.6 Å². The molecule has 0 atom stereocenters. The molecule has 0 saturated heterocycles. The van der Waals surface area contributed by atoms with Crippen LogP contribution in [0.1, 0.15) is 0 Å². The van der Waals surface area contributed by atoms with Gasteiger partial charge in [0.05, 0.1) is 15.5 Å². The third-order valence-electron chi connectivity index (χ3n) is 1.81. The summed E-state index contributed by atoms with van der Waals surface area (Å²) < 4.78 is 0. The first-order valence-electron chi connectivity index (χ1n) is 3.59. The van der Waals surface area contributed by atoms with E-state index in [2.05, 4.69) is 4.98 Å². The first kappa shape index (κ1) is 8.07. The highest BCUT2D eigenvalue weighted by molar-refractivity contribution is 6.35. The molecule has 0 spiro atoms. The molecule has 2 rings (SSSR count). The van der Waals surface area contributed by atoms with Gasteiger partial charge in [-0.2, -0.15) is 0 Å². The second kappa shape index (κ2) is 2.74. The zero-order chi connectivity index (χ0) is 9.42. The summed E-state index contributed by atoms with van der Waals surface area (Å²) in [6.07, 6.45) is 1.69. The van der Waals surface area contributed by atoms with Crippen LogP contribution in [0.25, 0.3) is 10.9 Å². The van der Waals surface area contributed by atoms with Gasteiger partial charge in [-0.15, -0.1) is 0 Å². The Labute approximate surface area is 78.3 Å². The monoisotopic (exact) mass is 196 g/mol. The summed E-state index contributed by atoms with van der Waals surface area (Å²) in [7, 11) is 0. The molecule has 0 saturated carbocycles. The molecule has 0 aliphatic heterocycles. The number of hydrogen-bond acceptors (Lipinski definition) is 2. The van der Waals surface area contributed by atoms with Gasteiger partial charge in [0.25, 0.3) is 5.69 Å². The Morgan fingerprint density at radius 1 is 1.46 bits per heavy atom. The summed E-state index contributed by atoms with van der Waals surface area (Å²) in [6.45, 7) is 0. The van der Waals surface area contributed by atoms with E-state index >= 15 is 0 Å². The molecule has 1 N–H and O–H groups in total. The summed E-state index contributed by atoms with van der Waals surface area (Å²) in [5, 5.41) is 11.6. The van der Waals surface area contributed by atoms with E-state index in [-0.39, 0.29) is 5.69 Å². The summed E-state index contributed by atoms with van der Waals surface area (Å²) in [5.41, 5.74) is 0.680. The summed E-state index contributed by atoms with van der Waals surface area (Å²) in [6, 6.07) is 4.58. The number of aromatic nitrogens is 1. The fraction of sp³-hybridized carbons (Fsp3) is 0. The minimum Gasteiger partial charge on any atom is -0.361 e. The number of nitro groups is 1. The SMILES string of the molecule is O=[N+]([O-])c1cc(Cl)c2cc[nH]c2c1. The molecule has 1 heterocycles. The molecule has 0 bridgehead atoms. The number of nitrogens with zero attached hydrogens (tertiary/aromatic N) is 1. The standard InChI is InChI=1S/C8H5ClN2O2/c9-7-3-5(11(12)13)4-8-6(7)1-2-10-8/h1-4,10H. The average molecular weight is 197 g/mol. The molecule has 13 heavy (non-hydrogen) atoms. The molecular weight excluding hydrogens is 192 g/mol. The van der Waals surface area contributed by atoms with E-state index in [1.165, 1.54) is 12.1 Å². The molecule has 1 aromatic heterocycles. The molecule has 0 amide bonds. The number of halogens is 1. The van der Waals surface area contributed by atoms with Crippen molar-refractivity contribution in [1.82, 2.24) is 4.98 Å². The zero-order valence-corrected chi connectivity index (χ0v) is 7.21. The fourth-order valence-electron chi connectivity index (χ4n) is 1.21. The van der Waals surface area contributed by atoms with Gasteiger partial charge in [0.1, 0.15) is 0 Å². The first-order valence-corrected chi connectivity index (χ1v) is 3.97. The lowest BCUT2D eigenvalue weighted by Gasteiger charge is -1.94. The highest BCUT2D eigenvalue weighted by atomic mass is 35.5. The van der Waals surface area contributed by atoms with Gasteiger partial charge in [-0.3, -0.25) is 10.1 Å². The van der Waals surface area contributed by atoms with E-state index in [1.807, 2.05) is 0 Å².